The number of hydrogen-bond donors (Lipinski definition) is 2. The Balaban J connectivity index is 1.60. The molecule has 2 aromatic carbocycles. The molecule has 0 radical (unpaired) electrons. The largest absolute Gasteiger partial charge is 0.483 e. The molecule has 1 aliphatic rings. The van der Waals surface area contributed by atoms with Gasteiger partial charge in [0.1, 0.15) is 5.75 Å². The van der Waals surface area contributed by atoms with E-state index in [1.54, 1.807) is 6.07 Å². The summed E-state index contributed by atoms with van der Waals surface area (Å²) in [7, 11) is 0. The smallest absolute Gasteiger partial charge is 0.262 e. The van der Waals surface area contributed by atoms with E-state index in [2.05, 4.69) is 24.5 Å². The summed E-state index contributed by atoms with van der Waals surface area (Å²) in [4.78, 5) is 24.3. The molecule has 0 unspecified atom stereocenters. The minimum atomic E-state index is -0.239. The molecule has 3 rings (SSSR count). The minimum Gasteiger partial charge on any atom is -0.483 e. The number of carbonyl (C=O) groups is 2. The highest BCUT2D eigenvalue weighted by atomic mass is 16.5. The van der Waals surface area contributed by atoms with Gasteiger partial charge in [-0.05, 0) is 55.0 Å². The van der Waals surface area contributed by atoms with Crippen LogP contribution in [0.4, 0.5) is 11.4 Å². The summed E-state index contributed by atoms with van der Waals surface area (Å²) < 4.78 is 5.71. The molecule has 2 N–H and O–H groups in total. The first-order valence-corrected chi connectivity index (χ1v) is 9.37. The van der Waals surface area contributed by atoms with Crippen LogP contribution in [0.5, 0.6) is 5.75 Å². The Morgan fingerprint density at radius 1 is 1.11 bits per heavy atom. The second-order valence-corrected chi connectivity index (χ2v) is 7.32. The maximum atomic E-state index is 12.3. The van der Waals surface area contributed by atoms with Crippen LogP contribution < -0.4 is 15.4 Å². The lowest BCUT2D eigenvalue weighted by Crippen LogP contribution is -2.21. The van der Waals surface area contributed by atoms with E-state index in [0.29, 0.717) is 11.6 Å². The fraction of sp³-hybridized carbons (Fsp3) is 0.364. The van der Waals surface area contributed by atoms with Crippen LogP contribution >= 0.6 is 0 Å². The molecule has 2 amide bonds. The van der Waals surface area contributed by atoms with Gasteiger partial charge in [-0.15, -0.1) is 0 Å². The number of aryl methyl sites for hydroxylation is 1. The van der Waals surface area contributed by atoms with Crippen molar-refractivity contribution >= 4 is 23.2 Å². The molecule has 5 nitrogen and oxygen atoms in total. The van der Waals surface area contributed by atoms with E-state index in [9.17, 15) is 9.59 Å². The number of nitrogens with one attached hydrogen (secondary N) is 2. The third-order valence-corrected chi connectivity index (χ3v) is 4.63. The first kappa shape index (κ1) is 19.0. The van der Waals surface area contributed by atoms with Crippen LogP contribution in [0.2, 0.25) is 0 Å². The lowest BCUT2D eigenvalue weighted by molar-refractivity contribution is -0.118. The molecular formula is C22H26N2O3. The number of hydrogen-bond acceptors (Lipinski definition) is 3. The zero-order valence-electron chi connectivity index (χ0n) is 16.0. The second-order valence-electron chi connectivity index (χ2n) is 7.32. The molecule has 1 fully saturated rings. The van der Waals surface area contributed by atoms with Crippen LogP contribution in [0, 0.1) is 12.8 Å². The fourth-order valence-corrected chi connectivity index (χ4v) is 2.84. The Hall–Kier alpha value is -2.82. The number of benzene rings is 2. The molecular weight excluding hydrogens is 340 g/mol. The molecule has 27 heavy (non-hydrogen) atoms. The van der Waals surface area contributed by atoms with Gasteiger partial charge in [-0.2, -0.15) is 0 Å². The quantitative estimate of drug-likeness (QED) is 0.759. The van der Waals surface area contributed by atoms with Crippen LogP contribution in [-0.2, 0) is 9.59 Å². The van der Waals surface area contributed by atoms with E-state index < -0.39 is 0 Å². The van der Waals surface area contributed by atoms with Crippen molar-refractivity contribution in [2.75, 3.05) is 17.2 Å². The molecule has 0 aliphatic heterocycles. The zero-order chi connectivity index (χ0) is 19.4. The standard InChI is InChI=1S/C22H26N2O3/c1-14(2)18-6-4-5-7-20(18)27-13-21(25)23-17-11-8-15(3)19(12-17)24-22(26)16-9-10-16/h4-8,11-12,14,16H,9-10,13H2,1-3H3,(H,23,25)(H,24,26). The summed E-state index contributed by atoms with van der Waals surface area (Å²) in [5.41, 5.74) is 3.41. The number of para-hydroxylation sites is 1. The Bertz CT molecular complexity index is 841. The maximum absolute atomic E-state index is 12.3. The highest BCUT2D eigenvalue weighted by molar-refractivity contribution is 5.96. The van der Waals surface area contributed by atoms with E-state index >= 15 is 0 Å². The summed E-state index contributed by atoms with van der Waals surface area (Å²) in [5, 5.41) is 5.77. The van der Waals surface area contributed by atoms with E-state index in [1.807, 2.05) is 43.3 Å². The predicted molar refractivity (Wildman–Crippen MR) is 107 cm³/mol. The molecule has 1 aliphatic carbocycles. The Morgan fingerprint density at radius 3 is 2.56 bits per heavy atom. The van der Waals surface area contributed by atoms with Crippen molar-refractivity contribution in [3.63, 3.8) is 0 Å². The normalized spacial score (nSPS) is 13.3. The van der Waals surface area contributed by atoms with Crippen molar-refractivity contribution in [3.05, 3.63) is 53.6 Å². The summed E-state index contributed by atoms with van der Waals surface area (Å²) in [6.07, 6.45) is 1.91. The van der Waals surface area contributed by atoms with Crippen LogP contribution in [-0.4, -0.2) is 18.4 Å². The monoisotopic (exact) mass is 366 g/mol. The van der Waals surface area contributed by atoms with E-state index in [0.717, 1.165) is 35.4 Å². The van der Waals surface area contributed by atoms with Crippen LogP contribution in [0.25, 0.3) is 0 Å². The number of ether oxygens (including phenoxy) is 1. The van der Waals surface area contributed by atoms with Gasteiger partial charge in [-0.1, -0.05) is 38.1 Å². The predicted octanol–water partition coefficient (Wildman–Crippen LogP) is 4.48. The number of anilines is 2. The molecule has 1 saturated carbocycles. The highest BCUT2D eigenvalue weighted by Gasteiger charge is 2.29. The lowest BCUT2D eigenvalue weighted by atomic mass is 10.0. The van der Waals surface area contributed by atoms with Gasteiger partial charge in [0.25, 0.3) is 5.91 Å². The van der Waals surface area contributed by atoms with Crippen molar-refractivity contribution in [1.29, 1.82) is 0 Å². The molecule has 2 aromatic rings. The summed E-state index contributed by atoms with van der Waals surface area (Å²) in [5.74, 6) is 0.993. The van der Waals surface area contributed by atoms with Crippen molar-refractivity contribution < 1.29 is 14.3 Å². The third kappa shape index (κ3) is 5.09. The molecule has 0 bridgehead atoms. The molecule has 0 spiro atoms. The number of carbonyl (C=O) groups excluding carboxylic acids is 2. The van der Waals surface area contributed by atoms with E-state index in [4.69, 9.17) is 4.74 Å². The van der Waals surface area contributed by atoms with Gasteiger partial charge in [0, 0.05) is 17.3 Å². The lowest BCUT2D eigenvalue weighted by Gasteiger charge is -2.14. The van der Waals surface area contributed by atoms with Gasteiger partial charge in [0.2, 0.25) is 5.91 Å². The Labute approximate surface area is 160 Å². The molecule has 0 heterocycles. The molecule has 0 atom stereocenters. The fourth-order valence-electron chi connectivity index (χ4n) is 2.84. The van der Waals surface area contributed by atoms with Gasteiger partial charge < -0.3 is 15.4 Å². The zero-order valence-corrected chi connectivity index (χ0v) is 16.0. The maximum Gasteiger partial charge on any atom is 0.262 e. The van der Waals surface area contributed by atoms with Gasteiger partial charge in [-0.3, -0.25) is 9.59 Å². The Kier molecular flexibility index (Phi) is 5.79. The highest BCUT2D eigenvalue weighted by Crippen LogP contribution is 2.31. The SMILES string of the molecule is Cc1ccc(NC(=O)COc2ccccc2C(C)C)cc1NC(=O)C1CC1. The summed E-state index contributed by atoms with van der Waals surface area (Å²) in [6.45, 7) is 6.04. The average Bonchev–Trinajstić information content (AvgIpc) is 3.48. The van der Waals surface area contributed by atoms with Crippen molar-refractivity contribution in [2.45, 2.75) is 39.5 Å². The van der Waals surface area contributed by atoms with Crippen molar-refractivity contribution in [1.82, 2.24) is 0 Å². The Morgan fingerprint density at radius 2 is 1.85 bits per heavy atom. The molecule has 0 aromatic heterocycles. The third-order valence-electron chi connectivity index (χ3n) is 4.63. The first-order chi connectivity index (χ1) is 12.9. The molecule has 142 valence electrons. The molecule has 0 saturated heterocycles. The van der Waals surface area contributed by atoms with Crippen molar-refractivity contribution in [3.8, 4) is 5.75 Å². The van der Waals surface area contributed by atoms with Crippen molar-refractivity contribution in [2.24, 2.45) is 5.92 Å². The van der Waals surface area contributed by atoms with Gasteiger partial charge in [0.15, 0.2) is 6.61 Å². The summed E-state index contributed by atoms with van der Waals surface area (Å²) in [6, 6.07) is 13.2. The van der Waals surface area contributed by atoms with Gasteiger partial charge in [0.05, 0.1) is 0 Å². The van der Waals surface area contributed by atoms with E-state index in [-0.39, 0.29) is 24.3 Å². The first-order valence-electron chi connectivity index (χ1n) is 9.37. The van der Waals surface area contributed by atoms with E-state index in [1.165, 1.54) is 0 Å². The molecule has 5 heteroatoms. The van der Waals surface area contributed by atoms with Crippen LogP contribution in [0.15, 0.2) is 42.5 Å². The number of amides is 2. The second kappa shape index (κ2) is 8.25. The average molecular weight is 366 g/mol. The minimum absolute atomic E-state index is 0.0511. The number of rotatable bonds is 7. The summed E-state index contributed by atoms with van der Waals surface area (Å²) >= 11 is 0. The van der Waals surface area contributed by atoms with Gasteiger partial charge >= 0.3 is 0 Å². The van der Waals surface area contributed by atoms with Crippen LogP contribution in [0.1, 0.15) is 43.7 Å². The van der Waals surface area contributed by atoms with Crippen LogP contribution in [0.3, 0.4) is 0 Å². The topological polar surface area (TPSA) is 67.4 Å². The van der Waals surface area contributed by atoms with Gasteiger partial charge in [-0.25, -0.2) is 0 Å².